The number of carbonyl (C=O) groups is 1. The summed E-state index contributed by atoms with van der Waals surface area (Å²) >= 11 is 7.68. The highest BCUT2D eigenvalue weighted by molar-refractivity contribution is 7.92. The Bertz CT molecular complexity index is 1470. The van der Waals surface area contributed by atoms with E-state index < -0.39 is 10.0 Å². The van der Waals surface area contributed by atoms with Gasteiger partial charge in [-0.2, -0.15) is 0 Å². The Morgan fingerprint density at radius 1 is 0.971 bits per heavy atom. The third kappa shape index (κ3) is 4.71. The SMILES string of the molecule is CN(c1ccccc1)S(=O)(=O)c1ccc(C(=O)N2CCN(c3nc4ccc(Cl)cc4s3)CC2)cc1. The fourth-order valence-electron chi connectivity index (χ4n) is 4.01. The molecule has 1 aliphatic heterocycles. The molecule has 1 amide bonds. The van der Waals surface area contributed by atoms with Crippen LogP contribution in [0, 0.1) is 0 Å². The Kier molecular flexibility index (Phi) is 6.39. The van der Waals surface area contributed by atoms with Gasteiger partial charge in [0.2, 0.25) is 0 Å². The van der Waals surface area contributed by atoms with Crippen molar-refractivity contribution < 1.29 is 13.2 Å². The maximum atomic E-state index is 13.1. The Morgan fingerprint density at radius 3 is 2.34 bits per heavy atom. The van der Waals surface area contributed by atoms with Crippen molar-refractivity contribution in [2.75, 3.05) is 42.4 Å². The van der Waals surface area contributed by atoms with Gasteiger partial charge in [-0.3, -0.25) is 9.10 Å². The minimum absolute atomic E-state index is 0.110. The standard InChI is InChI=1S/C25H23ClN4O3S2/c1-28(20-5-3-2-4-6-20)35(32,33)21-10-7-18(8-11-21)24(31)29-13-15-30(16-14-29)25-27-22-12-9-19(26)17-23(22)34-25/h2-12,17H,13-16H2,1H3. The number of nitrogens with zero attached hydrogens (tertiary/aromatic N) is 4. The average molecular weight is 527 g/mol. The van der Waals surface area contributed by atoms with Crippen molar-refractivity contribution in [3.05, 3.63) is 83.4 Å². The van der Waals surface area contributed by atoms with Crippen LogP contribution in [-0.4, -0.2) is 57.4 Å². The van der Waals surface area contributed by atoms with E-state index in [4.69, 9.17) is 16.6 Å². The van der Waals surface area contributed by atoms with Crippen molar-refractivity contribution in [3.63, 3.8) is 0 Å². The van der Waals surface area contributed by atoms with Crippen molar-refractivity contribution in [1.29, 1.82) is 0 Å². The number of para-hydroxylation sites is 1. The first-order valence-corrected chi connectivity index (χ1v) is 13.7. The minimum atomic E-state index is -3.72. The summed E-state index contributed by atoms with van der Waals surface area (Å²) in [4.78, 5) is 21.9. The molecule has 3 aromatic carbocycles. The van der Waals surface area contributed by atoms with Crippen LogP contribution in [0.3, 0.4) is 0 Å². The topological polar surface area (TPSA) is 73.8 Å². The van der Waals surface area contributed by atoms with Gasteiger partial charge < -0.3 is 9.80 Å². The molecule has 2 heterocycles. The first kappa shape index (κ1) is 23.6. The lowest BCUT2D eigenvalue weighted by Crippen LogP contribution is -2.48. The normalized spacial score (nSPS) is 14.3. The van der Waals surface area contributed by atoms with Gasteiger partial charge >= 0.3 is 0 Å². The number of hydrogen-bond donors (Lipinski definition) is 0. The molecule has 0 aliphatic carbocycles. The molecule has 4 aromatic rings. The van der Waals surface area contributed by atoms with Crippen molar-refractivity contribution in [3.8, 4) is 0 Å². The van der Waals surface area contributed by atoms with Crippen LogP contribution in [0.5, 0.6) is 0 Å². The number of carbonyl (C=O) groups excluding carboxylic acids is 1. The lowest BCUT2D eigenvalue weighted by Gasteiger charge is -2.34. The van der Waals surface area contributed by atoms with Crippen molar-refractivity contribution in [2.24, 2.45) is 0 Å². The van der Waals surface area contributed by atoms with E-state index in [0.29, 0.717) is 42.5 Å². The molecular formula is C25H23ClN4O3S2. The van der Waals surface area contributed by atoms with Crippen LogP contribution in [0.4, 0.5) is 10.8 Å². The van der Waals surface area contributed by atoms with Gasteiger partial charge in [-0.1, -0.05) is 41.1 Å². The number of amides is 1. The molecule has 0 atom stereocenters. The molecule has 35 heavy (non-hydrogen) atoms. The summed E-state index contributed by atoms with van der Waals surface area (Å²) < 4.78 is 28.2. The van der Waals surface area contributed by atoms with Gasteiger partial charge in [-0.05, 0) is 54.6 Å². The molecule has 0 bridgehead atoms. The van der Waals surface area contributed by atoms with E-state index in [9.17, 15) is 13.2 Å². The second kappa shape index (κ2) is 9.49. The van der Waals surface area contributed by atoms with E-state index in [1.807, 2.05) is 24.3 Å². The number of thiazole rings is 1. The summed E-state index contributed by atoms with van der Waals surface area (Å²) in [7, 11) is -2.21. The number of sulfonamides is 1. The molecule has 7 nitrogen and oxygen atoms in total. The fraction of sp³-hybridized carbons (Fsp3) is 0.200. The van der Waals surface area contributed by atoms with Crippen LogP contribution in [0.25, 0.3) is 10.2 Å². The molecule has 1 saturated heterocycles. The van der Waals surface area contributed by atoms with Gasteiger partial charge in [0, 0.05) is 43.8 Å². The summed E-state index contributed by atoms with van der Waals surface area (Å²) in [6.45, 7) is 2.47. The molecule has 0 radical (unpaired) electrons. The van der Waals surface area contributed by atoms with E-state index >= 15 is 0 Å². The maximum absolute atomic E-state index is 13.1. The smallest absolute Gasteiger partial charge is 0.264 e. The summed E-state index contributed by atoms with van der Waals surface area (Å²) in [5, 5.41) is 1.61. The number of fused-ring (bicyclic) bond motifs is 1. The largest absolute Gasteiger partial charge is 0.345 e. The van der Waals surface area contributed by atoms with E-state index in [2.05, 4.69) is 4.90 Å². The van der Waals surface area contributed by atoms with Crippen molar-refractivity contribution in [1.82, 2.24) is 9.88 Å². The molecule has 10 heteroatoms. The zero-order chi connectivity index (χ0) is 24.6. The Balaban J connectivity index is 1.25. The predicted molar refractivity (Wildman–Crippen MR) is 141 cm³/mol. The van der Waals surface area contributed by atoms with Gasteiger partial charge in [0.15, 0.2) is 5.13 Å². The van der Waals surface area contributed by atoms with Crippen LogP contribution >= 0.6 is 22.9 Å². The fourth-order valence-corrected chi connectivity index (χ4v) is 6.50. The van der Waals surface area contributed by atoms with Crippen LogP contribution in [-0.2, 0) is 10.0 Å². The van der Waals surface area contributed by atoms with Crippen molar-refractivity contribution >= 4 is 59.9 Å². The second-order valence-corrected chi connectivity index (χ2v) is 11.6. The summed E-state index contributed by atoms with van der Waals surface area (Å²) in [6, 6.07) is 20.7. The molecule has 0 saturated carbocycles. The molecule has 5 rings (SSSR count). The first-order valence-electron chi connectivity index (χ1n) is 11.1. The first-order chi connectivity index (χ1) is 16.8. The zero-order valence-electron chi connectivity index (χ0n) is 19.0. The maximum Gasteiger partial charge on any atom is 0.264 e. The monoisotopic (exact) mass is 526 g/mol. The Hall–Kier alpha value is -3.14. The third-order valence-electron chi connectivity index (χ3n) is 6.06. The number of halogens is 1. The molecule has 1 fully saturated rings. The zero-order valence-corrected chi connectivity index (χ0v) is 21.4. The van der Waals surface area contributed by atoms with Gasteiger partial charge in [-0.25, -0.2) is 13.4 Å². The number of rotatable bonds is 5. The number of benzene rings is 3. The van der Waals surface area contributed by atoms with Crippen LogP contribution in [0.1, 0.15) is 10.4 Å². The quantitative estimate of drug-likeness (QED) is 0.375. The number of aromatic nitrogens is 1. The summed E-state index contributed by atoms with van der Waals surface area (Å²) in [5.41, 5.74) is 1.96. The second-order valence-electron chi connectivity index (χ2n) is 8.22. The highest BCUT2D eigenvalue weighted by Crippen LogP contribution is 2.31. The van der Waals surface area contributed by atoms with Crippen LogP contribution in [0.2, 0.25) is 5.02 Å². The highest BCUT2D eigenvalue weighted by Gasteiger charge is 2.25. The molecule has 0 spiro atoms. The van der Waals surface area contributed by atoms with E-state index in [-0.39, 0.29) is 10.8 Å². The van der Waals surface area contributed by atoms with Crippen molar-refractivity contribution in [2.45, 2.75) is 4.90 Å². The predicted octanol–water partition coefficient (Wildman–Crippen LogP) is 4.74. The summed E-state index contributed by atoms with van der Waals surface area (Å²) in [6.07, 6.45) is 0. The molecule has 1 aromatic heterocycles. The molecule has 0 unspecified atom stereocenters. The lowest BCUT2D eigenvalue weighted by molar-refractivity contribution is 0.0746. The Labute approximate surface area is 213 Å². The number of hydrogen-bond acceptors (Lipinski definition) is 6. The Morgan fingerprint density at radius 2 is 1.66 bits per heavy atom. The third-order valence-corrected chi connectivity index (χ3v) is 9.17. The minimum Gasteiger partial charge on any atom is -0.345 e. The number of piperazine rings is 1. The van der Waals surface area contributed by atoms with Gasteiger partial charge in [-0.15, -0.1) is 0 Å². The number of anilines is 2. The lowest BCUT2D eigenvalue weighted by atomic mass is 10.2. The van der Waals surface area contributed by atoms with Gasteiger partial charge in [0.1, 0.15) is 0 Å². The van der Waals surface area contributed by atoms with Gasteiger partial charge in [0.05, 0.1) is 20.8 Å². The van der Waals surface area contributed by atoms with Gasteiger partial charge in [0.25, 0.3) is 15.9 Å². The highest BCUT2D eigenvalue weighted by atomic mass is 35.5. The van der Waals surface area contributed by atoms with E-state index in [1.54, 1.807) is 52.6 Å². The van der Waals surface area contributed by atoms with Crippen LogP contribution in [0.15, 0.2) is 77.7 Å². The molecule has 1 aliphatic rings. The van der Waals surface area contributed by atoms with E-state index in [1.165, 1.54) is 23.5 Å². The molecule has 0 N–H and O–H groups in total. The molecular weight excluding hydrogens is 504 g/mol. The van der Waals surface area contributed by atoms with E-state index in [0.717, 1.165) is 15.3 Å². The molecule has 180 valence electrons. The van der Waals surface area contributed by atoms with Crippen LogP contribution < -0.4 is 9.21 Å². The summed E-state index contributed by atoms with van der Waals surface area (Å²) in [5.74, 6) is -0.110. The average Bonchev–Trinajstić information content (AvgIpc) is 3.32.